The van der Waals surface area contributed by atoms with Crippen LogP contribution in [0.15, 0.2) is 17.0 Å². The van der Waals surface area contributed by atoms with Crippen LogP contribution in [-0.2, 0) is 0 Å². The van der Waals surface area contributed by atoms with Gasteiger partial charge in [0.2, 0.25) is 0 Å². The van der Waals surface area contributed by atoms with E-state index in [2.05, 4.69) is 31.2 Å². The number of alkyl halides is 1. The highest BCUT2D eigenvalue weighted by Gasteiger charge is 1.93. The molecule has 3 nitrogen and oxygen atoms in total. The molecule has 5 heteroatoms. The second kappa shape index (κ2) is 5.03. The van der Waals surface area contributed by atoms with Crippen molar-refractivity contribution in [1.29, 1.82) is 0 Å². The van der Waals surface area contributed by atoms with E-state index in [-0.39, 0.29) is 6.67 Å². The van der Waals surface area contributed by atoms with Gasteiger partial charge in [0.1, 0.15) is 10.4 Å². The molecule has 0 radical (unpaired) electrons. The predicted molar refractivity (Wildman–Crippen MR) is 48.8 cm³/mol. The maximum absolute atomic E-state index is 11.7. The number of anilines is 1. The van der Waals surface area contributed by atoms with E-state index in [4.69, 9.17) is 0 Å². The molecule has 0 spiro atoms. The fourth-order valence-corrected chi connectivity index (χ4v) is 0.892. The average molecular weight is 234 g/mol. The van der Waals surface area contributed by atoms with Crippen LogP contribution < -0.4 is 5.32 Å². The lowest BCUT2D eigenvalue weighted by atomic mass is 10.4. The average Bonchev–Trinajstić information content (AvgIpc) is 2.09. The third-order valence-electron chi connectivity index (χ3n) is 1.24. The van der Waals surface area contributed by atoms with Crippen LogP contribution in [0.2, 0.25) is 0 Å². The van der Waals surface area contributed by atoms with Crippen molar-refractivity contribution in [3.05, 3.63) is 17.0 Å². The number of aromatic nitrogens is 2. The van der Waals surface area contributed by atoms with E-state index in [1.807, 2.05) is 0 Å². The molecule has 0 saturated heterocycles. The monoisotopic (exact) mass is 233 g/mol. The van der Waals surface area contributed by atoms with Crippen LogP contribution >= 0.6 is 15.9 Å². The standard InChI is InChI=1S/C7H9BrFN3/c8-6-4-12-7(5-11-6)10-3-1-2-9/h4-5H,1-3H2,(H,10,12). The van der Waals surface area contributed by atoms with Gasteiger partial charge in [-0.15, -0.1) is 0 Å². The van der Waals surface area contributed by atoms with Gasteiger partial charge < -0.3 is 5.32 Å². The van der Waals surface area contributed by atoms with Crippen LogP contribution in [0.1, 0.15) is 6.42 Å². The smallest absolute Gasteiger partial charge is 0.144 e. The molecule has 12 heavy (non-hydrogen) atoms. The molecule has 66 valence electrons. The first-order chi connectivity index (χ1) is 5.83. The van der Waals surface area contributed by atoms with Gasteiger partial charge in [0.15, 0.2) is 0 Å². The van der Waals surface area contributed by atoms with Gasteiger partial charge >= 0.3 is 0 Å². The zero-order chi connectivity index (χ0) is 8.81. The van der Waals surface area contributed by atoms with Crippen molar-refractivity contribution in [2.45, 2.75) is 6.42 Å². The summed E-state index contributed by atoms with van der Waals surface area (Å²) in [7, 11) is 0. The molecule has 0 aliphatic rings. The van der Waals surface area contributed by atoms with Crippen molar-refractivity contribution in [1.82, 2.24) is 9.97 Å². The summed E-state index contributed by atoms with van der Waals surface area (Å²) in [4.78, 5) is 7.96. The minimum Gasteiger partial charge on any atom is -0.369 e. The maximum atomic E-state index is 11.7. The van der Waals surface area contributed by atoms with Crippen LogP contribution in [0, 0.1) is 0 Å². The van der Waals surface area contributed by atoms with E-state index in [9.17, 15) is 4.39 Å². The molecule has 1 aromatic rings. The van der Waals surface area contributed by atoms with Crippen LogP contribution in [0.4, 0.5) is 10.2 Å². The van der Waals surface area contributed by atoms with Crippen LogP contribution in [0.5, 0.6) is 0 Å². The summed E-state index contributed by atoms with van der Waals surface area (Å²) in [5, 5.41) is 2.94. The molecular formula is C7H9BrFN3. The molecule has 1 N–H and O–H groups in total. The number of nitrogens with one attached hydrogen (secondary N) is 1. The largest absolute Gasteiger partial charge is 0.369 e. The summed E-state index contributed by atoms with van der Waals surface area (Å²) in [6.45, 7) is 0.282. The summed E-state index contributed by atoms with van der Waals surface area (Å²) >= 11 is 3.17. The van der Waals surface area contributed by atoms with Gasteiger partial charge in [-0.2, -0.15) is 0 Å². The Bertz CT molecular complexity index is 227. The first-order valence-electron chi connectivity index (χ1n) is 3.60. The summed E-state index contributed by atoms with van der Waals surface area (Å²) in [5.41, 5.74) is 0. The third kappa shape index (κ3) is 3.13. The lowest BCUT2D eigenvalue weighted by molar-refractivity contribution is 0.481. The lowest BCUT2D eigenvalue weighted by Gasteiger charge is -2.01. The van der Waals surface area contributed by atoms with E-state index in [0.717, 1.165) is 0 Å². The Morgan fingerprint density at radius 3 is 2.83 bits per heavy atom. The number of rotatable bonds is 4. The van der Waals surface area contributed by atoms with E-state index in [1.54, 1.807) is 12.4 Å². The quantitative estimate of drug-likeness (QED) is 0.809. The highest BCUT2D eigenvalue weighted by molar-refractivity contribution is 9.10. The molecule has 0 aliphatic heterocycles. The Morgan fingerprint density at radius 2 is 2.25 bits per heavy atom. The molecule has 1 aromatic heterocycles. The van der Waals surface area contributed by atoms with E-state index in [1.165, 1.54) is 0 Å². The van der Waals surface area contributed by atoms with Crippen molar-refractivity contribution in [2.75, 3.05) is 18.5 Å². The fourth-order valence-electron chi connectivity index (χ4n) is 0.687. The van der Waals surface area contributed by atoms with Crippen molar-refractivity contribution in [3.63, 3.8) is 0 Å². The van der Waals surface area contributed by atoms with Crippen molar-refractivity contribution >= 4 is 21.7 Å². The van der Waals surface area contributed by atoms with E-state index in [0.29, 0.717) is 23.4 Å². The summed E-state index contributed by atoms with van der Waals surface area (Å²) in [6.07, 6.45) is 3.69. The minimum atomic E-state index is -0.309. The first kappa shape index (κ1) is 9.38. The van der Waals surface area contributed by atoms with Crippen LogP contribution in [0.3, 0.4) is 0 Å². The zero-order valence-electron chi connectivity index (χ0n) is 6.43. The SMILES string of the molecule is FCCCNc1cnc(Br)cn1. The molecule has 0 bridgehead atoms. The van der Waals surface area contributed by atoms with E-state index >= 15 is 0 Å². The van der Waals surface area contributed by atoms with Gasteiger partial charge in [0.25, 0.3) is 0 Å². The molecule has 0 unspecified atom stereocenters. The van der Waals surface area contributed by atoms with Crippen molar-refractivity contribution in [3.8, 4) is 0 Å². The van der Waals surface area contributed by atoms with Gasteiger partial charge in [-0.3, -0.25) is 4.39 Å². The number of nitrogens with zero attached hydrogens (tertiary/aromatic N) is 2. The maximum Gasteiger partial charge on any atom is 0.144 e. The Kier molecular flexibility index (Phi) is 3.93. The molecule has 0 amide bonds. The number of hydrogen-bond acceptors (Lipinski definition) is 3. The second-order valence-electron chi connectivity index (χ2n) is 2.19. The van der Waals surface area contributed by atoms with Gasteiger partial charge in [0, 0.05) is 6.54 Å². The van der Waals surface area contributed by atoms with Gasteiger partial charge in [0.05, 0.1) is 19.1 Å². The molecule has 1 rings (SSSR count). The molecule has 1 heterocycles. The van der Waals surface area contributed by atoms with Gasteiger partial charge in [-0.05, 0) is 22.4 Å². The highest BCUT2D eigenvalue weighted by atomic mass is 79.9. The summed E-state index contributed by atoms with van der Waals surface area (Å²) < 4.78 is 12.4. The highest BCUT2D eigenvalue weighted by Crippen LogP contribution is 2.05. The number of halogens is 2. The molecule has 0 aromatic carbocycles. The second-order valence-corrected chi connectivity index (χ2v) is 3.01. The van der Waals surface area contributed by atoms with Gasteiger partial charge in [-0.1, -0.05) is 0 Å². The molecule has 0 fully saturated rings. The normalized spacial score (nSPS) is 9.83. The molecule has 0 atom stereocenters. The van der Waals surface area contributed by atoms with Crippen LogP contribution in [0.25, 0.3) is 0 Å². The van der Waals surface area contributed by atoms with Crippen LogP contribution in [-0.4, -0.2) is 23.2 Å². The molecule has 0 aliphatic carbocycles. The Morgan fingerprint density at radius 1 is 1.42 bits per heavy atom. The Labute approximate surface area is 78.5 Å². The summed E-state index contributed by atoms with van der Waals surface area (Å²) in [6, 6.07) is 0. The number of hydrogen-bond donors (Lipinski definition) is 1. The Hall–Kier alpha value is -0.710. The zero-order valence-corrected chi connectivity index (χ0v) is 8.01. The third-order valence-corrected chi connectivity index (χ3v) is 1.65. The van der Waals surface area contributed by atoms with Crippen molar-refractivity contribution in [2.24, 2.45) is 0 Å². The Balaban J connectivity index is 2.37. The van der Waals surface area contributed by atoms with Gasteiger partial charge in [-0.25, -0.2) is 9.97 Å². The summed E-state index contributed by atoms with van der Waals surface area (Å²) in [5.74, 6) is 0.673. The topological polar surface area (TPSA) is 37.8 Å². The fraction of sp³-hybridized carbons (Fsp3) is 0.429. The molecular weight excluding hydrogens is 225 g/mol. The molecule has 0 saturated carbocycles. The first-order valence-corrected chi connectivity index (χ1v) is 4.39. The predicted octanol–water partition coefficient (Wildman–Crippen LogP) is 2.01. The lowest BCUT2D eigenvalue weighted by Crippen LogP contribution is -2.03. The van der Waals surface area contributed by atoms with E-state index < -0.39 is 0 Å². The minimum absolute atomic E-state index is 0.309. The van der Waals surface area contributed by atoms with Crippen molar-refractivity contribution < 1.29 is 4.39 Å².